The normalized spacial score (nSPS) is 17.4. The number of carbonyl (C=O) groups excluding carboxylic acids is 1. The van der Waals surface area contributed by atoms with Gasteiger partial charge < -0.3 is 4.90 Å². The summed E-state index contributed by atoms with van der Waals surface area (Å²) in [6.07, 6.45) is 0.404. The average Bonchev–Trinajstić information content (AvgIpc) is 2.72. The first-order chi connectivity index (χ1) is 14.0. The molecule has 0 spiro atoms. The number of amides is 1. The first-order valence-electron chi connectivity index (χ1n) is 10.4. The monoisotopic (exact) mass is 428 g/mol. The molecule has 1 unspecified atom stereocenters. The second-order valence-electron chi connectivity index (χ2n) is 9.08. The van der Waals surface area contributed by atoms with Crippen LogP contribution in [0.2, 0.25) is 0 Å². The Morgan fingerprint density at radius 3 is 2.23 bits per heavy atom. The molecule has 1 atom stereocenters. The van der Waals surface area contributed by atoms with Crippen molar-refractivity contribution in [1.82, 2.24) is 9.21 Å². The van der Waals surface area contributed by atoms with Crippen molar-refractivity contribution in [3.8, 4) is 0 Å². The van der Waals surface area contributed by atoms with Crippen molar-refractivity contribution in [3.05, 3.63) is 70.8 Å². The molecule has 3 rings (SSSR count). The summed E-state index contributed by atoms with van der Waals surface area (Å²) < 4.78 is 26.9. The second-order valence-corrected chi connectivity index (χ2v) is 11.3. The van der Waals surface area contributed by atoms with E-state index in [1.807, 2.05) is 36.4 Å². The van der Waals surface area contributed by atoms with Crippen molar-refractivity contribution in [3.63, 3.8) is 0 Å². The molecule has 1 amide bonds. The third kappa shape index (κ3) is 4.76. The third-order valence-electron chi connectivity index (χ3n) is 5.83. The molecule has 30 heavy (non-hydrogen) atoms. The molecule has 0 aliphatic carbocycles. The number of sulfonamides is 1. The van der Waals surface area contributed by atoms with Crippen molar-refractivity contribution < 1.29 is 13.2 Å². The van der Waals surface area contributed by atoms with Crippen LogP contribution in [0, 0.1) is 0 Å². The second kappa shape index (κ2) is 8.52. The zero-order valence-electron chi connectivity index (χ0n) is 18.6. The van der Waals surface area contributed by atoms with E-state index in [-0.39, 0.29) is 23.6 Å². The molecule has 162 valence electrons. The number of benzene rings is 2. The molecule has 1 aliphatic heterocycles. The van der Waals surface area contributed by atoms with Crippen LogP contribution in [0.15, 0.2) is 48.5 Å². The lowest BCUT2D eigenvalue weighted by atomic mass is 9.87. The van der Waals surface area contributed by atoms with Gasteiger partial charge in [-0.1, -0.05) is 69.3 Å². The molecule has 0 saturated heterocycles. The van der Waals surface area contributed by atoms with Crippen LogP contribution in [-0.4, -0.2) is 42.4 Å². The SMILES string of the molecule is CCS(=O)(=O)N1Cc2ccccc2CC1C(=O)N(C)Cc1ccc(C(C)(C)C)cc1. The summed E-state index contributed by atoms with van der Waals surface area (Å²) in [4.78, 5) is 15.0. The number of likely N-dealkylation sites (N-methyl/N-ethyl adjacent to an activating group) is 1. The lowest BCUT2D eigenvalue weighted by Gasteiger charge is -2.36. The van der Waals surface area contributed by atoms with E-state index in [0.29, 0.717) is 13.0 Å². The zero-order valence-corrected chi connectivity index (χ0v) is 19.4. The maximum atomic E-state index is 13.3. The van der Waals surface area contributed by atoms with Crippen LogP contribution in [0.25, 0.3) is 0 Å². The van der Waals surface area contributed by atoms with Gasteiger partial charge in [0.05, 0.1) is 5.75 Å². The van der Waals surface area contributed by atoms with Crippen molar-refractivity contribution in [1.29, 1.82) is 0 Å². The maximum Gasteiger partial charge on any atom is 0.241 e. The van der Waals surface area contributed by atoms with Gasteiger partial charge >= 0.3 is 0 Å². The van der Waals surface area contributed by atoms with Crippen LogP contribution in [-0.2, 0) is 39.7 Å². The fraction of sp³-hybridized carbons (Fsp3) is 0.458. The van der Waals surface area contributed by atoms with Crippen LogP contribution >= 0.6 is 0 Å². The molecule has 0 radical (unpaired) electrons. The van der Waals surface area contributed by atoms with E-state index >= 15 is 0 Å². The molecule has 1 aliphatic rings. The lowest BCUT2D eigenvalue weighted by molar-refractivity contribution is -0.135. The average molecular weight is 429 g/mol. The van der Waals surface area contributed by atoms with E-state index in [4.69, 9.17) is 0 Å². The summed E-state index contributed by atoms with van der Waals surface area (Å²) in [5, 5.41) is 0. The predicted molar refractivity (Wildman–Crippen MR) is 121 cm³/mol. The number of hydrogen-bond donors (Lipinski definition) is 0. The largest absolute Gasteiger partial charge is 0.340 e. The molecule has 0 N–H and O–H groups in total. The third-order valence-corrected chi connectivity index (χ3v) is 7.66. The number of nitrogens with zero attached hydrogens (tertiary/aromatic N) is 2. The van der Waals surface area contributed by atoms with Gasteiger partial charge in [-0.2, -0.15) is 4.31 Å². The molecule has 1 heterocycles. The lowest BCUT2D eigenvalue weighted by Crippen LogP contribution is -2.53. The number of fused-ring (bicyclic) bond motifs is 1. The van der Waals surface area contributed by atoms with Gasteiger partial charge in [-0.3, -0.25) is 4.79 Å². The summed E-state index contributed by atoms with van der Waals surface area (Å²) in [6, 6.07) is 15.3. The van der Waals surface area contributed by atoms with Gasteiger partial charge in [0, 0.05) is 20.1 Å². The van der Waals surface area contributed by atoms with E-state index < -0.39 is 16.1 Å². The molecular weight excluding hydrogens is 396 g/mol. The van der Waals surface area contributed by atoms with Gasteiger partial charge in [-0.25, -0.2) is 8.42 Å². The summed E-state index contributed by atoms with van der Waals surface area (Å²) in [5.74, 6) is -0.182. The Morgan fingerprint density at radius 2 is 1.67 bits per heavy atom. The highest BCUT2D eigenvalue weighted by Crippen LogP contribution is 2.28. The molecule has 0 saturated carbocycles. The Balaban J connectivity index is 1.82. The molecule has 2 aromatic rings. The fourth-order valence-corrected chi connectivity index (χ4v) is 5.10. The van der Waals surface area contributed by atoms with Gasteiger partial charge in [-0.15, -0.1) is 0 Å². The quantitative estimate of drug-likeness (QED) is 0.729. The van der Waals surface area contributed by atoms with E-state index in [2.05, 4.69) is 32.9 Å². The van der Waals surface area contributed by atoms with E-state index in [9.17, 15) is 13.2 Å². The van der Waals surface area contributed by atoms with E-state index in [1.165, 1.54) is 9.87 Å². The van der Waals surface area contributed by atoms with Gasteiger partial charge in [-0.05, 0) is 41.0 Å². The summed E-state index contributed by atoms with van der Waals surface area (Å²) in [7, 11) is -1.75. The van der Waals surface area contributed by atoms with E-state index in [1.54, 1.807) is 18.9 Å². The summed E-state index contributed by atoms with van der Waals surface area (Å²) in [5.41, 5.74) is 4.36. The Kier molecular flexibility index (Phi) is 6.39. The topological polar surface area (TPSA) is 57.7 Å². The molecular formula is C24H32N2O3S. The van der Waals surface area contributed by atoms with Gasteiger partial charge in [0.15, 0.2) is 0 Å². The molecule has 6 heteroatoms. The standard InChI is InChI=1S/C24H32N2O3S/c1-6-30(28,29)26-17-20-10-8-7-9-19(20)15-22(26)23(27)25(5)16-18-11-13-21(14-12-18)24(2,3)4/h7-14,22H,6,15-17H2,1-5H3. The van der Waals surface area contributed by atoms with Crippen molar-refractivity contribution in [2.45, 2.75) is 58.7 Å². The smallest absolute Gasteiger partial charge is 0.241 e. The Hall–Kier alpha value is -2.18. The Labute approximate surface area is 180 Å². The molecule has 5 nitrogen and oxygen atoms in total. The maximum absolute atomic E-state index is 13.3. The van der Waals surface area contributed by atoms with Crippen molar-refractivity contribution in [2.24, 2.45) is 0 Å². The highest BCUT2D eigenvalue weighted by molar-refractivity contribution is 7.89. The van der Waals surface area contributed by atoms with Gasteiger partial charge in [0.25, 0.3) is 0 Å². The van der Waals surface area contributed by atoms with Gasteiger partial charge in [0.1, 0.15) is 6.04 Å². The Morgan fingerprint density at radius 1 is 1.07 bits per heavy atom. The minimum absolute atomic E-state index is 0.0169. The molecule has 2 aromatic carbocycles. The highest BCUT2D eigenvalue weighted by Gasteiger charge is 2.39. The Bertz CT molecular complexity index is 1010. The molecule has 0 fully saturated rings. The summed E-state index contributed by atoms with van der Waals surface area (Å²) >= 11 is 0. The van der Waals surface area contributed by atoms with Crippen molar-refractivity contribution in [2.75, 3.05) is 12.8 Å². The fourth-order valence-electron chi connectivity index (χ4n) is 3.88. The van der Waals surface area contributed by atoms with Crippen LogP contribution in [0.3, 0.4) is 0 Å². The molecule has 0 aromatic heterocycles. The van der Waals surface area contributed by atoms with E-state index in [0.717, 1.165) is 16.7 Å². The van der Waals surface area contributed by atoms with Crippen LogP contribution in [0.5, 0.6) is 0 Å². The highest BCUT2D eigenvalue weighted by atomic mass is 32.2. The first kappa shape index (κ1) is 22.5. The number of hydrogen-bond acceptors (Lipinski definition) is 3. The summed E-state index contributed by atoms with van der Waals surface area (Å²) in [6.45, 7) is 8.82. The zero-order chi connectivity index (χ0) is 22.1. The minimum atomic E-state index is -3.50. The molecule has 0 bridgehead atoms. The number of rotatable bonds is 5. The minimum Gasteiger partial charge on any atom is -0.340 e. The van der Waals surface area contributed by atoms with Gasteiger partial charge in [0.2, 0.25) is 15.9 Å². The predicted octanol–water partition coefficient (Wildman–Crippen LogP) is 3.72. The number of carbonyl (C=O) groups is 1. The van der Waals surface area contributed by atoms with Crippen LogP contribution in [0.1, 0.15) is 49.9 Å². The van der Waals surface area contributed by atoms with Crippen LogP contribution < -0.4 is 0 Å². The first-order valence-corrected chi connectivity index (χ1v) is 12.0. The van der Waals surface area contributed by atoms with Crippen LogP contribution in [0.4, 0.5) is 0 Å². The van der Waals surface area contributed by atoms with Crippen molar-refractivity contribution >= 4 is 15.9 Å².